The molecule has 1 aromatic rings. The lowest BCUT2D eigenvalue weighted by Crippen LogP contribution is -2.24. The Morgan fingerprint density at radius 3 is 2.28 bits per heavy atom. The lowest BCUT2D eigenvalue weighted by atomic mass is 10.1. The van der Waals surface area contributed by atoms with Gasteiger partial charge in [0.05, 0.1) is 0 Å². The van der Waals surface area contributed by atoms with E-state index in [9.17, 15) is 19.5 Å². The second-order valence-corrected chi connectivity index (χ2v) is 7.62. The van der Waals surface area contributed by atoms with Gasteiger partial charge in [-0.15, -0.1) is 0 Å². The van der Waals surface area contributed by atoms with E-state index in [2.05, 4.69) is 5.32 Å². The smallest absolute Gasteiger partial charge is 0.308 e. The molecule has 0 heterocycles. The van der Waals surface area contributed by atoms with Gasteiger partial charge in [-0.3, -0.25) is 19.7 Å². The molecular weight excluding hydrogens is 378 g/mol. The first-order valence-corrected chi connectivity index (χ1v) is 9.62. The fraction of sp³-hybridized carbons (Fsp3) is 0.571. The van der Waals surface area contributed by atoms with Gasteiger partial charge in [0.15, 0.2) is 11.5 Å². The molecule has 2 N–H and O–H groups in total. The molecule has 0 saturated carbocycles. The molecular formula is C21H31NO7. The van der Waals surface area contributed by atoms with Gasteiger partial charge in [-0.05, 0) is 46.2 Å². The highest BCUT2D eigenvalue weighted by Gasteiger charge is 2.20. The lowest BCUT2D eigenvalue weighted by molar-refractivity contribution is -0.155. The Labute approximate surface area is 171 Å². The van der Waals surface area contributed by atoms with Gasteiger partial charge in [-0.2, -0.15) is 0 Å². The molecule has 0 aromatic heterocycles. The number of ether oxygens (including phenoxy) is 3. The van der Waals surface area contributed by atoms with Crippen LogP contribution in [-0.2, 0) is 19.1 Å². The van der Waals surface area contributed by atoms with E-state index in [0.29, 0.717) is 19.4 Å². The van der Waals surface area contributed by atoms with Gasteiger partial charge < -0.3 is 19.3 Å². The van der Waals surface area contributed by atoms with Crippen LogP contribution in [0.1, 0.15) is 72.1 Å². The summed E-state index contributed by atoms with van der Waals surface area (Å²) >= 11 is 0. The molecule has 0 aliphatic heterocycles. The average molecular weight is 409 g/mol. The van der Waals surface area contributed by atoms with E-state index in [-0.39, 0.29) is 23.0 Å². The maximum absolute atomic E-state index is 11.7. The molecule has 1 aromatic carbocycles. The van der Waals surface area contributed by atoms with Crippen molar-refractivity contribution in [2.24, 2.45) is 0 Å². The number of carbonyl (C=O) groups excluding carboxylic acids is 3. The third-order valence-corrected chi connectivity index (χ3v) is 3.62. The van der Waals surface area contributed by atoms with Crippen LogP contribution >= 0.6 is 0 Å². The number of unbranched alkanes of at least 4 members (excludes halogenated alkanes) is 2. The van der Waals surface area contributed by atoms with E-state index in [4.69, 9.17) is 14.2 Å². The SMILES string of the molecule is CC(=O)Oc1cccc(C(O)NCCCCCC(=O)OC(C)(C)C)c1OC(C)=O. The maximum Gasteiger partial charge on any atom is 0.308 e. The van der Waals surface area contributed by atoms with Crippen LogP contribution in [0.5, 0.6) is 11.5 Å². The standard InChI is InChI=1S/C21H31NO7/c1-14(23)27-17-11-9-10-16(19(17)28-15(2)24)20(26)22-13-8-6-7-12-18(25)29-21(3,4)5/h9-11,20,22,26H,6-8,12-13H2,1-5H3. The molecule has 0 bridgehead atoms. The molecule has 29 heavy (non-hydrogen) atoms. The van der Waals surface area contributed by atoms with Gasteiger partial charge in [0.2, 0.25) is 0 Å². The van der Waals surface area contributed by atoms with Gasteiger partial charge in [0.25, 0.3) is 0 Å². The Kier molecular flexibility index (Phi) is 9.77. The molecule has 0 spiro atoms. The van der Waals surface area contributed by atoms with Gasteiger partial charge in [0.1, 0.15) is 11.8 Å². The Hall–Kier alpha value is -2.45. The van der Waals surface area contributed by atoms with Crippen LogP contribution in [0, 0.1) is 0 Å². The summed E-state index contributed by atoms with van der Waals surface area (Å²) in [6, 6.07) is 4.64. The van der Waals surface area contributed by atoms with Crippen molar-refractivity contribution >= 4 is 17.9 Å². The normalized spacial score (nSPS) is 12.2. The van der Waals surface area contributed by atoms with Crippen LogP contribution in [0.4, 0.5) is 0 Å². The van der Waals surface area contributed by atoms with Crippen LogP contribution in [0.15, 0.2) is 18.2 Å². The molecule has 0 aliphatic carbocycles. The summed E-state index contributed by atoms with van der Waals surface area (Å²) in [6.07, 6.45) is 1.43. The van der Waals surface area contributed by atoms with Crippen LogP contribution in [0.25, 0.3) is 0 Å². The van der Waals surface area contributed by atoms with Crippen molar-refractivity contribution in [3.8, 4) is 11.5 Å². The topological polar surface area (TPSA) is 111 Å². The molecule has 0 saturated heterocycles. The third-order valence-electron chi connectivity index (χ3n) is 3.62. The van der Waals surface area contributed by atoms with E-state index in [1.54, 1.807) is 12.1 Å². The number of aliphatic hydroxyl groups is 1. The highest BCUT2D eigenvalue weighted by molar-refractivity contribution is 5.74. The van der Waals surface area contributed by atoms with Crippen molar-refractivity contribution in [3.63, 3.8) is 0 Å². The minimum atomic E-state index is -1.12. The van der Waals surface area contributed by atoms with Crippen molar-refractivity contribution in [1.29, 1.82) is 0 Å². The molecule has 0 fully saturated rings. The summed E-state index contributed by atoms with van der Waals surface area (Å²) in [5.41, 5.74) is -0.198. The van der Waals surface area contributed by atoms with Crippen LogP contribution in [0.2, 0.25) is 0 Å². The highest BCUT2D eigenvalue weighted by Crippen LogP contribution is 2.34. The fourth-order valence-electron chi connectivity index (χ4n) is 2.55. The molecule has 1 unspecified atom stereocenters. The zero-order valence-corrected chi connectivity index (χ0v) is 17.7. The van der Waals surface area contributed by atoms with Crippen molar-refractivity contribution < 1.29 is 33.7 Å². The quantitative estimate of drug-likeness (QED) is 0.263. The Morgan fingerprint density at radius 2 is 1.69 bits per heavy atom. The zero-order valence-electron chi connectivity index (χ0n) is 17.7. The van der Waals surface area contributed by atoms with Crippen molar-refractivity contribution in [2.45, 2.75) is 72.1 Å². The molecule has 0 radical (unpaired) electrons. The molecule has 162 valence electrons. The first-order chi connectivity index (χ1) is 13.5. The molecule has 1 rings (SSSR count). The molecule has 0 amide bonds. The van der Waals surface area contributed by atoms with Crippen LogP contribution < -0.4 is 14.8 Å². The predicted molar refractivity (Wildman–Crippen MR) is 106 cm³/mol. The summed E-state index contributed by atoms with van der Waals surface area (Å²) in [5.74, 6) is -1.33. The Bertz CT molecular complexity index is 709. The number of esters is 3. The van der Waals surface area contributed by atoms with Crippen LogP contribution in [0.3, 0.4) is 0 Å². The number of benzene rings is 1. The van der Waals surface area contributed by atoms with Crippen molar-refractivity contribution in [2.75, 3.05) is 6.54 Å². The second-order valence-electron chi connectivity index (χ2n) is 7.62. The molecule has 1 atom stereocenters. The summed E-state index contributed by atoms with van der Waals surface area (Å²) in [6.45, 7) is 8.42. The average Bonchev–Trinajstić information content (AvgIpc) is 2.56. The minimum absolute atomic E-state index is 0.000116. The van der Waals surface area contributed by atoms with E-state index >= 15 is 0 Å². The monoisotopic (exact) mass is 409 g/mol. The number of hydrogen-bond donors (Lipinski definition) is 2. The Balaban J connectivity index is 2.55. The Morgan fingerprint density at radius 1 is 1.03 bits per heavy atom. The molecule has 0 aliphatic rings. The highest BCUT2D eigenvalue weighted by atomic mass is 16.6. The third kappa shape index (κ3) is 10.0. The van der Waals surface area contributed by atoms with E-state index in [1.165, 1.54) is 19.9 Å². The summed E-state index contributed by atoms with van der Waals surface area (Å²) in [4.78, 5) is 34.3. The summed E-state index contributed by atoms with van der Waals surface area (Å²) in [5, 5.41) is 13.4. The number of para-hydroxylation sites is 1. The summed E-state index contributed by atoms with van der Waals surface area (Å²) < 4.78 is 15.4. The number of carbonyl (C=O) groups is 3. The zero-order chi connectivity index (χ0) is 22.0. The van der Waals surface area contributed by atoms with E-state index in [1.807, 2.05) is 20.8 Å². The van der Waals surface area contributed by atoms with E-state index < -0.39 is 23.8 Å². The lowest BCUT2D eigenvalue weighted by Gasteiger charge is -2.19. The second kappa shape index (κ2) is 11.5. The number of rotatable bonds is 10. The van der Waals surface area contributed by atoms with E-state index in [0.717, 1.165) is 12.8 Å². The first kappa shape index (κ1) is 24.6. The van der Waals surface area contributed by atoms with Crippen LogP contribution in [-0.4, -0.2) is 35.2 Å². The number of aliphatic hydroxyl groups excluding tert-OH is 1. The van der Waals surface area contributed by atoms with Gasteiger partial charge in [-0.1, -0.05) is 18.6 Å². The van der Waals surface area contributed by atoms with Gasteiger partial charge >= 0.3 is 17.9 Å². The van der Waals surface area contributed by atoms with Crippen molar-refractivity contribution in [1.82, 2.24) is 5.32 Å². The predicted octanol–water partition coefficient (Wildman–Crippen LogP) is 3.02. The number of hydrogen-bond acceptors (Lipinski definition) is 8. The van der Waals surface area contributed by atoms with Gasteiger partial charge in [-0.25, -0.2) is 0 Å². The molecule has 8 heteroatoms. The fourth-order valence-corrected chi connectivity index (χ4v) is 2.55. The maximum atomic E-state index is 11.7. The minimum Gasteiger partial charge on any atom is -0.460 e. The van der Waals surface area contributed by atoms with Crippen molar-refractivity contribution in [3.05, 3.63) is 23.8 Å². The largest absolute Gasteiger partial charge is 0.460 e. The molecule has 8 nitrogen and oxygen atoms in total. The van der Waals surface area contributed by atoms with Gasteiger partial charge in [0, 0.05) is 25.8 Å². The summed E-state index contributed by atoms with van der Waals surface area (Å²) in [7, 11) is 0. The first-order valence-electron chi connectivity index (χ1n) is 9.62. The number of nitrogens with one attached hydrogen (secondary N) is 1.